The van der Waals surface area contributed by atoms with Crippen LogP contribution in [0.15, 0.2) is 0 Å². The molecule has 0 spiro atoms. The summed E-state index contributed by atoms with van der Waals surface area (Å²) in [6.07, 6.45) is -51.2. The maximum atomic E-state index is 12.6. The molecule has 0 aromatic carbocycles. The Bertz CT molecular complexity index is 523. The summed E-state index contributed by atoms with van der Waals surface area (Å²) < 4.78 is 204. The van der Waals surface area contributed by atoms with Gasteiger partial charge in [-0.05, 0) is 0 Å². The highest BCUT2D eigenvalue weighted by atomic mass is 19.4. The number of rotatable bonds is 3. The van der Waals surface area contributed by atoms with E-state index in [0.717, 1.165) is 0 Å². The number of alkyl halides is 18. The van der Waals surface area contributed by atoms with E-state index in [4.69, 9.17) is 0 Å². The van der Waals surface area contributed by atoms with Crippen LogP contribution in [-0.2, 0) is 0 Å². The molecule has 0 atom stereocenters. The van der Waals surface area contributed by atoms with E-state index in [-0.39, 0.29) is 0 Å². The normalized spacial score (nSPS) is 16.5. The van der Waals surface area contributed by atoms with Gasteiger partial charge in [-0.2, -0.15) is 0 Å². The largest absolute Gasteiger partial charge is 0.988 e. The van der Waals surface area contributed by atoms with Gasteiger partial charge in [-0.3, -0.25) is 0 Å². The Hall–Kier alpha value is -1.44. The Kier molecular flexibility index (Phi) is 6.70. The molecule has 0 unspecified atom stereocenters. The summed E-state index contributed by atoms with van der Waals surface area (Å²) in [5.41, 5.74) is 0. The van der Waals surface area contributed by atoms with E-state index in [0.29, 0.717) is 0 Å². The zero-order chi connectivity index (χ0) is 26.1. The van der Waals surface area contributed by atoms with E-state index >= 15 is 0 Å². The fraction of sp³-hybridized carbons (Fsp3) is 1.00. The number of hydroxylamine groups is 6. The molecule has 0 aromatic rings. The van der Waals surface area contributed by atoms with Crippen LogP contribution in [0.25, 0.3) is 0 Å². The quantitative estimate of drug-likeness (QED) is 0.229. The lowest BCUT2D eigenvalue weighted by Gasteiger charge is -2.55. The molecule has 0 aliphatic carbocycles. The Balaban J connectivity index is 8.29. The molecular formula is C6BF18N3O3. The first-order chi connectivity index (χ1) is 12.9. The van der Waals surface area contributed by atoms with Gasteiger partial charge < -0.3 is 15.6 Å². The van der Waals surface area contributed by atoms with Gasteiger partial charge in [-0.15, -0.1) is 92.7 Å². The molecule has 0 aliphatic rings. The topological polar surface area (TPSA) is 69.2 Å². The molecule has 0 bridgehead atoms. The lowest BCUT2D eigenvalue weighted by molar-refractivity contribution is -1.17. The Morgan fingerprint density at radius 3 is 0.484 bits per heavy atom. The van der Waals surface area contributed by atoms with E-state index in [1.54, 1.807) is 0 Å². The van der Waals surface area contributed by atoms with Gasteiger partial charge in [-0.1, -0.05) is 0 Å². The Morgan fingerprint density at radius 1 is 0.323 bits per heavy atom. The van der Waals surface area contributed by atoms with Crippen LogP contribution < -0.4 is 0 Å². The van der Waals surface area contributed by atoms with Crippen molar-refractivity contribution in [3.63, 3.8) is 0 Å². The third-order valence-corrected chi connectivity index (χ3v) is 3.24. The third kappa shape index (κ3) is 4.05. The molecule has 0 heterocycles. The van der Waals surface area contributed by atoms with Gasteiger partial charge in [0.05, 0.1) is 0 Å². The zero-order valence-corrected chi connectivity index (χ0v) is 12.9. The van der Waals surface area contributed by atoms with Crippen LogP contribution in [0.4, 0.5) is 79.0 Å². The molecule has 0 saturated heterocycles. The van der Waals surface area contributed by atoms with Crippen molar-refractivity contribution in [3.8, 4) is 0 Å². The fourth-order valence-electron chi connectivity index (χ4n) is 1.90. The first-order valence-electron chi connectivity index (χ1n) is 6.07. The van der Waals surface area contributed by atoms with Crippen LogP contribution in [-0.4, -0.2) is 58.6 Å². The highest BCUT2D eigenvalue weighted by molar-refractivity contribution is 6.35. The number of hydrogen-bond donors (Lipinski definition) is 0. The second kappa shape index (κ2) is 7.03. The van der Waals surface area contributed by atoms with Gasteiger partial charge in [0.25, 0.3) is 0 Å². The summed E-state index contributed by atoms with van der Waals surface area (Å²) in [6.45, 7) is 0. The summed E-state index contributed by atoms with van der Waals surface area (Å²) in [5, 5.41) is 33.5. The van der Waals surface area contributed by atoms with Crippen molar-refractivity contribution >= 4 is 7.12 Å². The monoisotopic (exact) mass is 515 g/mol. The molecule has 0 radical (unpaired) electrons. The highest BCUT2D eigenvalue weighted by Gasteiger charge is 3.02. The molecular weight excluding hydrogens is 515 g/mol. The van der Waals surface area contributed by atoms with Gasteiger partial charge in [0, 0.05) is 0 Å². The molecule has 0 aromatic heterocycles. The second-order valence-electron chi connectivity index (χ2n) is 5.13. The van der Waals surface area contributed by atoms with E-state index < -0.39 is 58.6 Å². The SMILES string of the molecule is [O-][N+](B([N+]([O-])(C(F)(F)F)C(F)(F)F)[N+]([O-])(C(F)(F)F)C(F)(F)F)(C(F)(F)F)C(F)(F)F. The molecule has 25 heteroatoms. The van der Waals surface area contributed by atoms with E-state index in [9.17, 15) is 94.6 Å². The van der Waals surface area contributed by atoms with Crippen LogP contribution in [0.2, 0.25) is 0 Å². The standard InChI is InChI=1S/C6BF18N3O3/c8-1(9,10)26(29,2(11,12)13)7(27(30,3(14,15)16)4(17,18)19)28(31,5(20,21)22)6(23,24)25. The smallest absolute Gasteiger partial charge is 0.633 e. The van der Waals surface area contributed by atoms with Crippen molar-refractivity contribution in [2.45, 2.75) is 37.8 Å². The van der Waals surface area contributed by atoms with E-state index in [1.807, 2.05) is 0 Å². The van der Waals surface area contributed by atoms with Crippen molar-refractivity contribution in [1.29, 1.82) is 0 Å². The molecule has 6 nitrogen and oxygen atoms in total. The van der Waals surface area contributed by atoms with Crippen molar-refractivity contribution in [3.05, 3.63) is 15.6 Å². The Morgan fingerprint density at radius 2 is 0.419 bits per heavy atom. The average molecular weight is 515 g/mol. The summed E-state index contributed by atoms with van der Waals surface area (Å²) in [4.78, 5) is 0. The summed E-state index contributed by atoms with van der Waals surface area (Å²) >= 11 is 0. The molecule has 0 rings (SSSR count). The fourth-order valence-corrected chi connectivity index (χ4v) is 1.90. The van der Waals surface area contributed by atoms with Gasteiger partial charge >= 0.3 is 44.9 Å². The minimum atomic E-state index is -8.53. The van der Waals surface area contributed by atoms with Crippen molar-refractivity contribution < 1.29 is 92.7 Å². The maximum Gasteiger partial charge on any atom is 0.988 e. The van der Waals surface area contributed by atoms with Gasteiger partial charge in [0.2, 0.25) is 0 Å². The summed E-state index contributed by atoms with van der Waals surface area (Å²) in [7, 11) is -8.12. The van der Waals surface area contributed by atoms with Gasteiger partial charge in [0.15, 0.2) is 0 Å². The summed E-state index contributed by atoms with van der Waals surface area (Å²) in [6, 6.07) is 0. The molecule has 186 valence electrons. The number of nitrogens with zero attached hydrogens (tertiary/aromatic N) is 3. The predicted octanol–water partition coefficient (Wildman–Crippen LogP) is 5.03. The summed E-state index contributed by atoms with van der Waals surface area (Å²) in [5.74, 6) is 0. The number of quaternary nitrogens is 3. The molecule has 0 fully saturated rings. The molecule has 0 amide bonds. The van der Waals surface area contributed by atoms with Crippen LogP contribution in [0, 0.1) is 15.6 Å². The van der Waals surface area contributed by atoms with Gasteiger partial charge in [0.1, 0.15) is 0 Å². The lowest BCUT2D eigenvalue weighted by Crippen LogP contribution is -2.94. The highest BCUT2D eigenvalue weighted by Crippen LogP contribution is 2.58. The molecule has 31 heavy (non-hydrogen) atoms. The maximum absolute atomic E-state index is 12.6. The molecule has 0 aliphatic heterocycles. The van der Waals surface area contributed by atoms with Crippen LogP contribution in [0.3, 0.4) is 0 Å². The average Bonchev–Trinajstić information content (AvgIpc) is 2.39. The van der Waals surface area contributed by atoms with Crippen LogP contribution in [0.1, 0.15) is 0 Å². The first kappa shape index (κ1) is 29.6. The van der Waals surface area contributed by atoms with Crippen LogP contribution >= 0.6 is 0 Å². The van der Waals surface area contributed by atoms with Crippen molar-refractivity contribution in [1.82, 2.24) is 0 Å². The lowest BCUT2D eigenvalue weighted by atomic mass is 9.81. The number of hydrogen-bond acceptors (Lipinski definition) is 3. The minimum Gasteiger partial charge on any atom is -0.633 e. The van der Waals surface area contributed by atoms with E-state index in [1.165, 1.54) is 0 Å². The minimum absolute atomic E-state index is 7.79. The van der Waals surface area contributed by atoms with Crippen LogP contribution in [0.5, 0.6) is 0 Å². The second-order valence-corrected chi connectivity index (χ2v) is 5.13. The zero-order valence-electron chi connectivity index (χ0n) is 12.9. The van der Waals surface area contributed by atoms with Crippen molar-refractivity contribution in [2.75, 3.05) is 0 Å². The van der Waals surface area contributed by atoms with E-state index in [2.05, 4.69) is 0 Å². The molecule has 0 N–H and O–H groups in total. The number of halogens is 18. The van der Waals surface area contributed by atoms with Gasteiger partial charge in [-0.25, -0.2) is 0 Å². The Labute approximate surface area is 155 Å². The van der Waals surface area contributed by atoms with Crippen molar-refractivity contribution in [2.24, 2.45) is 0 Å². The molecule has 0 saturated carbocycles. The first-order valence-corrected chi connectivity index (χ1v) is 6.07. The predicted molar refractivity (Wildman–Crippen MR) is 53.0 cm³/mol. The third-order valence-electron chi connectivity index (χ3n) is 3.24.